The van der Waals surface area contributed by atoms with Gasteiger partial charge < -0.3 is 5.32 Å². The molecule has 0 bridgehead atoms. The molecule has 0 saturated carbocycles. The fraction of sp³-hybridized carbons (Fsp3) is 0.214. The number of aromatic nitrogens is 1. The first-order chi connectivity index (χ1) is 9.50. The van der Waals surface area contributed by atoms with Crippen LogP contribution in [-0.4, -0.2) is 12.0 Å². The quantitative estimate of drug-likeness (QED) is 0.924. The van der Waals surface area contributed by atoms with Crippen molar-refractivity contribution in [2.24, 2.45) is 0 Å². The number of pyridine rings is 1. The average molecular weight is 298 g/mol. The normalized spacial score (nSPS) is 11.6. The van der Waals surface area contributed by atoms with Crippen molar-refractivity contribution < 1.29 is 13.2 Å². The highest BCUT2D eigenvalue weighted by Gasteiger charge is 2.33. The van der Waals surface area contributed by atoms with E-state index < -0.39 is 11.7 Å². The second kappa shape index (κ2) is 6.28. The Morgan fingerprint density at radius 1 is 1.20 bits per heavy atom. The Morgan fingerprint density at radius 2 is 2.00 bits per heavy atom. The summed E-state index contributed by atoms with van der Waals surface area (Å²) in [6.07, 6.45) is -2.74. The van der Waals surface area contributed by atoms with Crippen LogP contribution in [0.5, 0.6) is 0 Å². The maximum atomic E-state index is 13.0. The van der Waals surface area contributed by atoms with Crippen LogP contribution in [0.3, 0.4) is 0 Å². The van der Waals surface area contributed by atoms with Gasteiger partial charge in [0.1, 0.15) is 5.03 Å². The molecule has 2 nitrogen and oxygen atoms in total. The van der Waals surface area contributed by atoms with Gasteiger partial charge in [-0.3, -0.25) is 0 Å². The minimum Gasteiger partial charge on any atom is -0.316 e. The molecule has 0 aliphatic heterocycles. The van der Waals surface area contributed by atoms with Crippen molar-refractivity contribution >= 4 is 11.8 Å². The third-order valence-corrected chi connectivity index (χ3v) is 3.55. The third kappa shape index (κ3) is 3.74. The fourth-order valence-corrected chi connectivity index (χ4v) is 2.57. The van der Waals surface area contributed by atoms with Crippen LogP contribution in [0.1, 0.15) is 11.1 Å². The molecule has 1 N–H and O–H groups in total. The van der Waals surface area contributed by atoms with E-state index in [0.29, 0.717) is 9.92 Å². The summed E-state index contributed by atoms with van der Waals surface area (Å²) in [4.78, 5) is 4.62. The summed E-state index contributed by atoms with van der Waals surface area (Å²) in [5, 5.41) is 3.42. The lowest BCUT2D eigenvalue weighted by molar-refractivity contribution is -0.138. The molecule has 0 spiro atoms. The lowest BCUT2D eigenvalue weighted by Crippen LogP contribution is -2.14. The van der Waals surface area contributed by atoms with Crippen molar-refractivity contribution in [2.45, 2.75) is 22.6 Å². The van der Waals surface area contributed by atoms with Crippen molar-refractivity contribution in [3.8, 4) is 0 Å². The predicted molar refractivity (Wildman–Crippen MR) is 72.6 cm³/mol. The van der Waals surface area contributed by atoms with E-state index in [4.69, 9.17) is 0 Å². The SMILES string of the molecule is CNCc1ccc(Sc2ccccn2)cc1C(F)(F)F. The lowest BCUT2D eigenvalue weighted by Gasteiger charge is -2.14. The van der Waals surface area contributed by atoms with E-state index in [-0.39, 0.29) is 12.1 Å². The summed E-state index contributed by atoms with van der Waals surface area (Å²) in [7, 11) is 1.62. The average Bonchev–Trinajstić information content (AvgIpc) is 2.41. The number of rotatable bonds is 4. The molecule has 20 heavy (non-hydrogen) atoms. The minimum absolute atomic E-state index is 0.184. The zero-order valence-electron chi connectivity index (χ0n) is 10.7. The Balaban J connectivity index is 2.32. The van der Waals surface area contributed by atoms with Crippen molar-refractivity contribution in [3.05, 3.63) is 53.7 Å². The van der Waals surface area contributed by atoms with Gasteiger partial charge >= 0.3 is 6.18 Å². The highest BCUT2D eigenvalue weighted by molar-refractivity contribution is 7.99. The van der Waals surface area contributed by atoms with Crippen molar-refractivity contribution in [2.75, 3.05) is 7.05 Å². The van der Waals surface area contributed by atoms with E-state index in [9.17, 15) is 13.2 Å². The molecule has 1 aromatic heterocycles. The Kier molecular flexibility index (Phi) is 4.67. The molecule has 0 fully saturated rings. The number of nitrogens with one attached hydrogen (secondary N) is 1. The molecule has 106 valence electrons. The number of alkyl halides is 3. The summed E-state index contributed by atoms with van der Waals surface area (Å²) in [5.74, 6) is 0. The molecular weight excluding hydrogens is 285 g/mol. The van der Waals surface area contributed by atoms with E-state index in [0.717, 1.165) is 0 Å². The van der Waals surface area contributed by atoms with E-state index >= 15 is 0 Å². The van der Waals surface area contributed by atoms with Crippen LogP contribution >= 0.6 is 11.8 Å². The number of hydrogen-bond donors (Lipinski definition) is 1. The van der Waals surface area contributed by atoms with Gasteiger partial charge in [-0.1, -0.05) is 23.9 Å². The zero-order chi connectivity index (χ0) is 14.6. The Labute approximate surface area is 119 Å². The monoisotopic (exact) mass is 298 g/mol. The Morgan fingerprint density at radius 3 is 2.60 bits per heavy atom. The van der Waals surface area contributed by atoms with Crippen LogP contribution in [-0.2, 0) is 12.7 Å². The van der Waals surface area contributed by atoms with E-state index in [2.05, 4.69) is 10.3 Å². The molecule has 0 unspecified atom stereocenters. The van der Waals surface area contributed by atoms with Crippen LogP contribution in [0.15, 0.2) is 52.5 Å². The van der Waals surface area contributed by atoms with Crippen LogP contribution in [0.2, 0.25) is 0 Å². The van der Waals surface area contributed by atoms with Crippen LogP contribution in [0.4, 0.5) is 13.2 Å². The molecule has 2 rings (SSSR count). The molecule has 1 heterocycles. The standard InChI is InChI=1S/C14H13F3N2S/c1-18-9-10-5-6-11(8-12(10)14(15,16)17)20-13-4-2-3-7-19-13/h2-8,18H,9H2,1H3. The molecule has 6 heteroatoms. The van der Waals surface area contributed by atoms with Crippen LogP contribution < -0.4 is 5.32 Å². The third-order valence-electron chi connectivity index (χ3n) is 2.61. The number of halogens is 3. The molecule has 1 aromatic carbocycles. The maximum absolute atomic E-state index is 13.0. The lowest BCUT2D eigenvalue weighted by atomic mass is 10.1. The summed E-state index contributed by atoms with van der Waals surface area (Å²) in [6, 6.07) is 9.69. The highest BCUT2D eigenvalue weighted by atomic mass is 32.2. The molecule has 0 aliphatic carbocycles. The smallest absolute Gasteiger partial charge is 0.316 e. The van der Waals surface area contributed by atoms with Gasteiger partial charge in [-0.05, 0) is 36.9 Å². The molecular formula is C14H13F3N2S. The summed E-state index contributed by atoms with van der Waals surface area (Å²) < 4.78 is 39.1. The topological polar surface area (TPSA) is 24.9 Å². The largest absolute Gasteiger partial charge is 0.416 e. The van der Waals surface area contributed by atoms with Crippen molar-refractivity contribution in [1.29, 1.82) is 0 Å². The highest BCUT2D eigenvalue weighted by Crippen LogP contribution is 2.36. The molecule has 0 atom stereocenters. The fourth-order valence-electron chi connectivity index (χ4n) is 1.76. The van der Waals surface area contributed by atoms with Crippen molar-refractivity contribution in [3.63, 3.8) is 0 Å². The second-order valence-corrected chi connectivity index (χ2v) is 5.21. The van der Waals surface area contributed by atoms with Crippen LogP contribution in [0, 0.1) is 0 Å². The van der Waals surface area contributed by atoms with Gasteiger partial charge in [-0.2, -0.15) is 13.2 Å². The van der Waals surface area contributed by atoms with Gasteiger partial charge in [0, 0.05) is 17.6 Å². The van der Waals surface area contributed by atoms with Gasteiger partial charge in [0.05, 0.1) is 5.56 Å². The predicted octanol–water partition coefficient (Wildman–Crippen LogP) is 3.97. The molecule has 2 aromatic rings. The van der Waals surface area contributed by atoms with Crippen molar-refractivity contribution in [1.82, 2.24) is 10.3 Å². The maximum Gasteiger partial charge on any atom is 0.416 e. The van der Waals surface area contributed by atoms with Crippen LogP contribution in [0.25, 0.3) is 0 Å². The molecule has 0 radical (unpaired) electrons. The number of hydrogen-bond acceptors (Lipinski definition) is 3. The molecule has 0 saturated heterocycles. The second-order valence-electron chi connectivity index (χ2n) is 4.12. The summed E-state index contributed by atoms with van der Waals surface area (Å²) >= 11 is 1.21. The van der Waals surface area contributed by atoms with Gasteiger partial charge in [-0.25, -0.2) is 4.98 Å². The first-order valence-electron chi connectivity index (χ1n) is 5.94. The molecule has 0 aliphatic rings. The van der Waals surface area contributed by atoms with Gasteiger partial charge in [0.2, 0.25) is 0 Å². The van der Waals surface area contributed by atoms with Gasteiger partial charge in [-0.15, -0.1) is 0 Å². The zero-order valence-corrected chi connectivity index (χ0v) is 11.6. The Hall–Kier alpha value is -1.53. The Bertz CT molecular complexity index is 570. The van der Waals surface area contributed by atoms with E-state index in [1.54, 1.807) is 37.5 Å². The van der Waals surface area contributed by atoms with E-state index in [1.165, 1.54) is 23.9 Å². The van der Waals surface area contributed by atoms with Gasteiger partial charge in [0.25, 0.3) is 0 Å². The first-order valence-corrected chi connectivity index (χ1v) is 6.76. The van der Waals surface area contributed by atoms with E-state index in [1.807, 2.05) is 0 Å². The number of nitrogens with zero attached hydrogens (tertiary/aromatic N) is 1. The van der Waals surface area contributed by atoms with Gasteiger partial charge in [0.15, 0.2) is 0 Å². The summed E-state index contributed by atoms with van der Waals surface area (Å²) in [6.45, 7) is 0.184. The summed E-state index contributed by atoms with van der Waals surface area (Å²) in [5.41, 5.74) is -0.363. The number of benzene rings is 1. The minimum atomic E-state index is -4.35. The first kappa shape index (κ1) is 14.9. The molecule has 0 amide bonds.